The molecule has 0 radical (unpaired) electrons. The monoisotopic (exact) mass is 345 g/mol. The van der Waals surface area contributed by atoms with Gasteiger partial charge in [-0.15, -0.1) is 0 Å². The van der Waals surface area contributed by atoms with E-state index in [0.29, 0.717) is 11.6 Å². The average molecular weight is 345 g/mol. The van der Waals surface area contributed by atoms with E-state index >= 15 is 0 Å². The first-order chi connectivity index (χ1) is 12.2. The number of hydrogen-bond donors (Lipinski definition) is 0. The average Bonchev–Trinajstić information content (AvgIpc) is 3.07. The molecule has 1 spiro atoms. The number of rotatable bonds is 2. The molecule has 3 aliphatic heterocycles. The van der Waals surface area contributed by atoms with Gasteiger partial charge in [0.05, 0.1) is 30.2 Å². The minimum Gasteiger partial charge on any atom is -0.373 e. The van der Waals surface area contributed by atoms with Crippen LogP contribution in [0.2, 0.25) is 0 Å². The molecule has 1 aromatic rings. The van der Waals surface area contributed by atoms with E-state index in [1.807, 2.05) is 4.90 Å². The van der Waals surface area contributed by atoms with Crippen molar-refractivity contribution < 1.29 is 9.53 Å². The molecule has 0 saturated carbocycles. The largest absolute Gasteiger partial charge is 0.373 e. The van der Waals surface area contributed by atoms with E-state index < -0.39 is 0 Å². The maximum atomic E-state index is 12.5. The lowest BCUT2D eigenvalue weighted by Crippen LogP contribution is -2.50. The van der Waals surface area contributed by atoms with Crippen molar-refractivity contribution in [2.75, 3.05) is 52.9 Å². The summed E-state index contributed by atoms with van der Waals surface area (Å²) in [6.07, 6.45) is 6.08. The van der Waals surface area contributed by atoms with E-state index in [2.05, 4.69) is 27.0 Å². The lowest BCUT2D eigenvalue weighted by atomic mass is 9.86. The van der Waals surface area contributed by atoms with Gasteiger partial charge in [0.1, 0.15) is 0 Å². The highest BCUT2D eigenvalue weighted by Crippen LogP contribution is 2.38. The third kappa shape index (κ3) is 3.54. The summed E-state index contributed by atoms with van der Waals surface area (Å²) in [7, 11) is 2.19. The second-order valence-electron chi connectivity index (χ2n) is 7.61. The molecule has 1 atom stereocenters. The number of piperazine rings is 1. The van der Waals surface area contributed by atoms with Crippen molar-refractivity contribution in [2.45, 2.75) is 30.9 Å². The first-order valence-electron chi connectivity index (χ1n) is 9.28. The van der Waals surface area contributed by atoms with Gasteiger partial charge in [-0.1, -0.05) is 0 Å². The Bertz CT molecular complexity index is 595. The summed E-state index contributed by atoms with van der Waals surface area (Å²) in [4.78, 5) is 19.5. The highest BCUT2D eigenvalue weighted by atomic mass is 16.5. The lowest BCUT2D eigenvalue weighted by Gasteiger charge is -2.40. The molecular formula is C18H27N5O2. The van der Waals surface area contributed by atoms with Gasteiger partial charge in [0, 0.05) is 45.3 Å². The molecule has 3 fully saturated rings. The van der Waals surface area contributed by atoms with Crippen LogP contribution in [-0.2, 0) is 4.74 Å². The van der Waals surface area contributed by atoms with Gasteiger partial charge in [0.15, 0.2) is 0 Å². The molecule has 3 saturated heterocycles. The molecule has 136 valence electrons. The normalized spacial score (nSPS) is 27.7. The van der Waals surface area contributed by atoms with E-state index in [-0.39, 0.29) is 11.5 Å². The van der Waals surface area contributed by atoms with Gasteiger partial charge in [-0.05, 0) is 32.4 Å². The number of likely N-dealkylation sites (tertiary alicyclic amines) is 1. The van der Waals surface area contributed by atoms with E-state index in [1.54, 1.807) is 18.5 Å². The molecule has 1 aromatic heterocycles. The SMILES string of the molecule is CN1CCN([C@@H]2COC3(CCN(C(=O)c4ccnnc4)CC3)C2)CC1. The van der Waals surface area contributed by atoms with Crippen LogP contribution in [0.15, 0.2) is 18.5 Å². The second-order valence-corrected chi connectivity index (χ2v) is 7.61. The predicted molar refractivity (Wildman–Crippen MR) is 93.3 cm³/mol. The Morgan fingerprint density at radius 1 is 1.16 bits per heavy atom. The van der Waals surface area contributed by atoms with Crippen LogP contribution in [0.1, 0.15) is 29.6 Å². The number of hydrogen-bond acceptors (Lipinski definition) is 6. The van der Waals surface area contributed by atoms with Crippen molar-refractivity contribution in [2.24, 2.45) is 0 Å². The number of nitrogens with zero attached hydrogens (tertiary/aromatic N) is 5. The standard InChI is InChI=1S/C18H27N5O2/c1-21-8-10-22(11-9-21)16-12-18(25-14-16)3-6-23(7-4-18)17(24)15-2-5-19-20-13-15/h2,5,13,16H,3-4,6-12,14H2,1H3/t16-/m0/s1. The maximum absolute atomic E-state index is 12.5. The topological polar surface area (TPSA) is 61.8 Å². The zero-order valence-electron chi connectivity index (χ0n) is 14.9. The van der Waals surface area contributed by atoms with Crippen LogP contribution in [0.25, 0.3) is 0 Å². The molecule has 7 heteroatoms. The second kappa shape index (κ2) is 6.97. The Morgan fingerprint density at radius 2 is 1.92 bits per heavy atom. The Morgan fingerprint density at radius 3 is 2.60 bits per heavy atom. The van der Waals surface area contributed by atoms with Crippen molar-refractivity contribution in [1.29, 1.82) is 0 Å². The van der Waals surface area contributed by atoms with Crippen LogP contribution in [0.5, 0.6) is 0 Å². The highest BCUT2D eigenvalue weighted by Gasteiger charge is 2.45. The fraction of sp³-hybridized carbons (Fsp3) is 0.722. The van der Waals surface area contributed by atoms with Crippen LogP contribution in [0, 0.1) is 0 Å². The summed E-state index contributed by atoms with van der Waals surface area (Å²) in [5.74, 6) is 0.0540. The van der Waals surface area contributed by atoms with Gasteiger partial charge in [-0.2, -0.15) is 10.2 Å². The zero-order chi connectivity index (χ0) is 17.3. The Kier molecular flexibility index (Phi) is 4.71. The minimum atomic E-state index is -0.0265. The highest BCUT2D eigenvalue weighted by molar-refractivity contribution is 5.93. The number of aromatic nitrogens is 2. The summed E-state index contributed by atoms with van der Waals surface area (Å²) in [5.41, 5.74) is 0.593. The summed E-state index contributed by atoms with van der Waals surface area (Å²) in [6, 6.07) is 2.27. The van der Waals surface area contributed by atoms with Gasteiger partial charge >= 0.3 is 0 Å². The molecule has 25 heavy (non-hydrogen) atoms. The first-order valence-corrected chi connectivity index (χ1v) is 9.28. The number of piperidine rings is 1. The number of likely N-dealkylation sites (N-methyl/N-ethyl adjacent to an activating group) is 1. The van der Waals surface area contributed by atoms with Crippen LogP contribution in [0.3, 0.4) is 0 Å². The van der Waals surface area contributed by atoms with E-state index in [4.69, 9.17) is 4.74 Å². The Hall–Kier alpha value is -1.57. The molecule has 7 nitrogen and oxygen atoms in total. The van der Waals surface area contributed by atoms with Crippen molar-refractivity contribution in [3.05, 3.63) is 24.0 Å². The fourth-order valence-corrected chi connectivity index (χ4v) is 4.31. The lowest BCUT2D eigenvalue weighted by molar-refractivity contribution is -0.0395. The van der Waals surface area contributed by atoms with Gasteiger partial charge < -0.3 is 14.5 Å². The van der Waals surface area contributed by atoms with Gasteiger partial charge in [-0.3, -0.25) is 9.69 Å². The minimum absolute atomic E-state index is 0.0265. The zero-order valence-corrected chi connectivity index (χ0v) is 14.9. The molecule has 0 aromatic carbocycles. The summed E-state index contributed by atoms with van der Waals surface area (Å²) < 4.78 is 6.29. The van der Waals surface area contributed by atoms with Gasteiger partial charge in [0.25, 0.3) is 5.91 Å². The van der Waals surface area contributed by atoms with E-state index in [1.165, 1.54) is 0 Å². The molecule has 0 bridgehead atoms. The van der Waals surface area contributed by atoms with Crippen LogP contribution in [-0.4, -0.2) is 95.4 Å². The molecule has 1 amide bonds. The van der Waals surface area contributed by atoms with E-state index in [0.717, 1.165) is 65.1 Å². The fourth-order valence-electron chi connectivity index (χ4n) is 4.31. The molecule has 3 aliphatic rings. The molecule has 4 heterocycles. The molecule has 0 N–H and O–H groups in total. The maximum Gasteiger partial charge on any atom is 0.255 e. The summed E-state index contributed by atoms with van der Waals surface area (Å²) in [5, 5.41) is 7.55. The smallest absolute Gasteiger partial charge is 0.255 e. The van der Waals surface area contributed by atoms with Crippen molar-refractivity contribution in [3.63, 3.8) is 0 Å². The third-order valence-electron chi connectivity index (χ3n) is 6.04. The quantitative estimate of drug-likeness (QED) is 0.777. The predicted octanol–water partition coefficient (Wildman–Crippen LogP) is 0.488. The van der Waals surface area contributed by atoms with Crippen LogP contribution in [0.4, 0.5) is 0 Å². The van der Waals surface area contributed by atoms with Gasteiger partial charge in [0.2, 0.25) is 0 Å². The van der Waals surface area contributed by atoms with Crippen molar-refractivity contribution in [3.8, 4) is 0 Å². The summed E-state index contributed by atoms with van der Waals surface area (Å²) >= 11 is 0. The van der Waals surface area contributed by atoms with Crippen LogP contribution >= 0.6 is 0 Å². The number of ether oxygens (including phenoxy) is 1. The van der Waals surface area contributed by atoms with E-state index in [9.17, 15) is 4.79 Å². The number of amides is 1. The molecular weight excluding hydrogens is 318 g/mol. The molecule has 0 aliphatic carbocycles. The number of carbonyl (C=O) groups excluding carboxylic acids is 1. The van der Waals surface area contributed by atoms with Crippen molar-refractivity contribution in [1.82, 2.24) is 24.9 Å². The van der Waals surface area contributed by atoms with Crippen LogP contribution < -0.4 is 0 Å². The number of carbonyl (C=O) groups is 1. The van der Waals surface area contributed by atoms with Gasteiger partial charge in [-0.25, -0.2) is 0 Å². The Balaban J connectivity index is 1.32. The summed E-state index contributed by atoms with van der Waals surface area (Å²) in [6.45, 7) is 6.93. The third-order valence-corrected chi connectivity index (χ3v) is 6.04. The van der Waals surface area contributed by atoms with Crippen molar-refractivity contribution >= 4 is 5.91 Å². The molecule has 0 unspecified atom stereocenters. The first kappa shape index (κ1) is 16.9. The Labute approximate surface area is 148 Å². The molecule has 4 rings (SSSR count).